The molecular formula is C12H10F2N2O. The largest absolute Gasteiger partial charge is 0.311 e. The van der Waals surface area contributed by atoms with E-state index in [-0.39, 0.29) is 16.8 Å². The van der Waals surface area contributed by atoms with Gasteiger partial charge in [0, 0.05) is 24.1 Å². The van der Waals surface area contributed by atoms with E-state index in [2.05, 4.69) is 9.97 Å². The summed E-state index contributed by atoms with van der Waals surface area (Å²) < 4.78 is 26.1. The molecule has 0 aliphatic carbocycles. The average Bonchev–Trinajstić information content (AvgIpc) is 2.26. The topological polar surface area (TPSA) is 45.8 Å². The fraction of sp³-hybridized carbons (Fsp3) is 0.167. The lowest BCUT2D eigenvalue weighted by atomic mass is 10.1. The summed E-state index contributed by atoms with van der Waals surface area (Å²) >= 11 is 0. The van der Waals surface area contributed by atoms with Crippen LogP contribution < -0.4 is 5.56 Å². The Morgan fingerprint density at radius 3 is 2.41 bits per heavy atom. The molecule has 2 rings (SSSR count). The van der Waals surface area contributed by atoms with E-state index in [0.717, 1.165) is 18.2 Å². The van der Waals surface area contributed by atoms with Gasteiger partial charge in [-0.2, -0.15) is 0 Å². The van der Waals surface area contributed by atoms with Gasteiger partial charge < -0.3 is 4.98 Å². The van der Waals surface area contributed by atoms with E-state index in [9.17, 15) is 13.6 Å². The minimum absolute atomic E-state index is 0.253. The van der Waals surface area contributed by atoms with Crippen molar-refractivity contribution in [1.29, 1.82) is 0 Å². The predicted octanol–water partition coefficient (Wildman–Crippen LogP) is 2.28. The standard InChI is InChI=1S/C12H10F2N2O/c1-2-11-15-10(6-12(17)16-11)7-3-8(13)5-9(14)4-7/h3-6H,2H2,1H3,(H,15,16,17). The molecular weight excluding hydrogens is 226 g/mol. The highest BCUT2D eigenvalue weighted by Crippen LogP contribution is 2.18. The molecule has 3 nitrogen and oxygen atoms in total. The Bertz CT molecular complexity index is 587. The lowest BCUT2D eigenvalue weighted by Gasteiger charge is -2.03. The van der Waals surface area contributed by atoms with Crippen molar-refractivity contribution < 1.29 is 8.78 Å². The maximum Gasteiger partial charge on any atom is 0.251 e. The highest BCUT2D eigenvalue weighted by molar-refractivity contribution is 5.58. The Morgan fingerprint density at radius 1 is 1.18 bits per heavy atom. The highest BCUT2D eigenvalue weighted by Gasteiger charge is 2.06. The molecule has 17 heavy (non-hydrogen) atoms. The molecule has 88 valence electrons. The van der Waals surface area contributed by atoms with E-state index in [0.29, 0.717) is 12.2 Å². The van der Waals surface area contributed by atoms with E-state index in [1.54, 1.807) is 0 Å². The Kier molecular flexibility index (Phi) is 2.99. The van der Waals surface area contributed by atoms with Crippen LogP contribution in [0.25, 0.3) is 11.3 Å². The number of nitrogens with zero attached hydrogens (tertiary/aromatic N) is 1. The Balaban J connectivity index is 2.59. The molecule has 0 radical (unpaired) electrons. The first-order valence-corrected chi connectivity index (χ1v) is 5.15. The number of halogens is 2. The number of aromatic amines is 1. The first kappa shape index (κ1) is 11.4. The van der Waals surface area contributed by atoms with Gasteiger partial charge in [-0.25, -0.2) is 13.8 Å². The molecule has 0 bridgehead atoms. The van der Waals surface area contributed by atoms with Gasteiger partial charge in [-0.3, -0.25) is 4.79 Å². The number of aryl methyl sites for hydroxylation is 1. The summed E-state index contributed by atoms with van der Waals surface area (Å²) in [6, 6.07) is 4.28. The Morgan fingerprint density at radius 2 is 1.82 bits per heavy atom. The molecule has 1 N–H and O–H groups in total. The number of H-pyrrole nitrogens is 1. The van der Waals surface area contributed by atoms with Gasteiger partial charge in [-0.15, -0.1) is 0 Å². The Hall–Kier alpha value is -2.04. The van der Waals surface area contributed by atoms with Crippen molar-refractivity contribution in [1.82, 2.24) is 9.97 Å². The van der Waals surface area contributed by atoms with Crippen LogP contribution in [0.1, 0.15) is 12.7 Å². The van der Waals surface area contributed by atoms with Gasteiger partial charge in [0.2, 0.25) is 0 Å². The Labute approximate surface area is 96.2 Å². The van der Waals surface area contributed by atoms with Crippen LogP contribution >= 0.6 is 0 Å². The van der Waals surface area contributed by atoms with Crippen molar-refractivity contribution in [3.05, 3.63) is 52.1 Å². The quantitative estimate of drug-likeness (QED) is 0.869. The van der Waals surface area contributed by atoms with Crippen LogP contribution in [0.4, 0.5) is 8.78 Å². The minimum atomic E-state index is -0.694. The second-order valence-electron chi connectivity index (χ2n) is 3.59. The number of aromatic nitrogens is 2. The second-order valence-corrected chi connectivity index (χ2v) is 3.59. The number of rotatable bonds is 2. The zero-order valence-corrected chi connectivity index (χ0v) is 9.13. The molecule has 0 unspecified atom stereocenters. The number of nitrogens with one attached hydrogen (secondary N) is 1. The summed E-state index contributed by atoms with van der Waals surface area (Å²) in [5.74, 6) is -0.905. The van der Waals surface area contributed by atoms with Crippen LogP contribution in [0.2, 0.25) is 0 Å². The van der Waals surface area contributed by atoms with Gasteiger partial charge >= 0.3 is 0 Å². The first-order chi connectivity index (χ1) is 8.08. The molecule has 5 heteroatoms. The van der Waals surface area contributed by atoms with Crippen LogP contribution in [0.5, 0.6) is 0 Å². The van der Waals surface area contributed by atoms with Crippen molar-refractivity contribution in [3.8, 4) is 11.3 Å². The van der Waals surface area contributed by atoms with Crippen molar-refractivity contribution in [2.75, 3.05) is 0 Å². The third kappa shape index (κ3) is 2.55. The maximum atomic E-state index is 13.0. The van der Waals surface area contributed by atoms with E-state index in [1.165, 1.54) is 6.07 Å². The molecule has 0 aliphatic heterocycles. The fourth-order valence-electron chi connectivity index (χ4n) is 1.53. The molecule has 2 aromatic rings. The predicted molar refractivity (Wildman–Crippen MR) is 59.6 cm³/mol. The summed E-state index contributed by atoms with van der Waals surface area (Å²) in [6.45, 7) is 1.83. The average molecular weight is 236 g/mol. The zero-order chi connectivity index (χ0) is 12.4. The van der Waals surface area contributed by atoms with E-state index in [1.807, 2.05) is 6.92 Å². The molecule has 0 atom stereocenters. The molecule has 1 aromatic carbocycles. The van der Waals surface area contributed by atoms with Crippen LogP contribution in [0.3, 0.4) is 0 Å². The molecule has 0 saturated carbocycles. The number of hydrogen-bond donors (Lipinski definition) is 1. The van der Waals surface area contributed by atoms with Gasteiger partial charge in [0.1, 0.15) is 17.5 Å². The van der Waals surface area contributed by atoms with Gasteiger partial charge in [-0.1, -0.05) is 6.92 Å². The van der Waals surface area contributed by atoms with Gasteiger partial charge in [0.05, 0.1) is 5.69 Å². The van der Waals surface area contributed by atoms with Crippen molar-refractivity contribution in [3.63, 3.8) is 0 Å². The van der Waals surface area contributed by atoms with Gasteiger partial charge in [-0.05, 0) is 12.1 Å². The van der Waals surface area contributed by atoms with Crippen molar-refractivity contribution >= 4 is 0 Å². The summed E-state index contributed by atoms with van der Waals surface area (Å²) in [5, 5.41) is 0. The third-order valence-electron chi connectivity index (χ3n) is 2.28. The normalized spacial score (nSPS) is 10.5. The molecule has 1 heterocycles. The highest BCUT2D eigenvalue weighted by atomic mass is 19.1. The van der Waals surface area contributed by atoms with Gasteiger partial charge in [0.15, 0.2) is 0 Å². The molecule has 1 aromatic heterocycles. The fourth-order valence-corrected chi connectivity index (χ4v) is 1.53. The van der Waals surface area contributed by atoms with Crippen LogP contribution in [0.15, 0.2) is 29.1 Å². The smallest absolute Gasteiger partial charge is 0.251 e. The summed E-state index contributed by atoms with van der Waals surface area (Å²) in [7, 11) is 0. The number of hydrogen-bond acceptors (Lipinski definition) is 2. The summed E-state index contributed by atoms with van der Waals surface area (Å²) in [5.41, 5.74) is 0.184. The summed E-state index contributed by atoms with van der Waals surface area (Å²) in [6.07, 6.45) is 0.543. The zero-order valence-electron chi connectivity index (χ0n) is 9.13. The lowest BCUT2D eigenvalue weighted by molar-refractivity contribution is 0.584. The van der Waals surface area contributed by atoms with Crippen molar-refractivity contribution in [2.24, 2.45) is 0 Å². The third-order valence-corrected chi connectivity index (χ3v) is 2.28. The lowest BCUT2D eigenvalue weighted by Crippen LogP contribution is -2.10. The minimum Gasteiger partial charge on any atom is -0.311 e. The first-order valence-electron chi connectivity index (χ1n) is 5.15. The molecule has 0 fully saturated rings. The molecule has 0 aliphatic rings. The summed E-state index contributed by atoms with van der Waals surface area (Å²) in [4.78, 5) is 18.0. The van der Waals surface area contributed by atoms with E-state index < -0.39 is 11.6 Å². The second kappa shape index (κ2) is 4.45. The van der Waals surface area contributed by atoms with E-state index in [4.69, 9.17) is 0 Å². The SMILES string of the molecule is CCc1nc(-c2cc(F)cc(F)c2)cc(=O)[nH]1. The molecule has 0 amide bonds. The van der Waals surface area contributed by atoms with Crippen molar-refractivity contribution in [2.45, 2.75) is 13.3 Å². The van der Waals surface area contributed by atoms with Crippen LogP contribution in [-0.2, 0) is 6.42 Å². The van der Waals surface area contributed by atoms with E-state index >= 15 is 0 Å². The number of benzene rings is 1. The van der Waals surface area contributed by atoms with Crippen LogP contribution in [0, 0.1) is 11.6 Å². The molecule has 0 spiro atoms. The maximum absolute atomic E-state index is 13.0. The van der Waals surface area contributed by atoms with Crippen LogP contribution in [-0.4, -0.2) is 9.97 Å². The van der Waals surface area contributed by atoms with Gasteiger partial charge in [0.25, 0.3) is 5.56 Å². The monoisotopic (exact) mass is 236 g/mol. The molecule has 0 saturated heterocycles.